The minimum atomic E-state index is -0.325. The second-order valence-corrected chi connectivity index (χ2v) is 4.57. The summed E-state index contributed by atoms with van der Waals surface area (Å²) in [7, 11) is 0. The van der Waals surface area contributed by atoms with Crippen LogP contribution in [0.2, 0.25) is 0 Å². The average molecular weight is 278 g/mol. The zero-order valence-electron chi connectivity index (χ0n) is 9.75. The molecule has 0 saturated carbocycles. The van der Waals surface area contributed by atoms with Crippen LogP contribution in [0.15, 0.2) is 23.7 Å². The van der Waals surface area contributed by atoms with Crippen LogP contribution in [0.4, 0.5) is 9.93 Å². The number of carbonyl (C=O) groups excluding carboxylic acids is 1. The Morgan fingerprint density at radius 3 is 3.11 bits per heavy atom. The average Bonchev–Trinajstić information content (AvgIpc) is 3.06. The van der Waals surface area contributed by atoms with E-state index in [9.17, 15) is 4.79 Å². The van der Waals surface area contributed by atoms with Gasteiger partial charge in [-0.1, -0.05) is 17.4 Å². The quantitative estimate of drug-likeness (QED) is 0.890. The summed E-state index contributed by atoms with van der Waals surface area (Å²) >= 11 is 1.26. The molecule has 3 rings (SSSR count). The second kappa shape index (κ2) is 5.11. The summed E-state index contributed by atoms with van der Waals surface area (Å²) in [4.78, 5) is 11.6. The molecule has 98 valence electrons. The Morgan fingerprint density at radius 1 is 1.37 bits per heavy atom. The number of amides is 2. The van der Waals surface area contributed by atoms with Crippen molar-refractivity contribution in [3.05, 3.63) is 29.3 Å². The molecule has 1 aliphatic heterocycles. The second-order valence-electron chi connectivity index (χ2n) is 3.74. The van der Waals surface area contributed by atoms with Gasteiger partial charge in [0, 0.05) is 6.54 Å². The van der Waals surface area contributed by atoms with E-state index in [1.807, 2.05) is 18.2 Å². The van der Waals surface area contributed by atoms with Crippen molar-refractivity contribution < 1.29 is 14.3 Å². The molecule has 2 N–H and O–H groups in total. The number of rotatable bonds is 3. The van der Waals surface area contributed by atoms with Crippen LogP contribution >= 0.6 is 11.3 Å². The largest absolute Gasteiger partial charge is 0.454 e. The van der Waals surface area contributed by atoms with Crippen molar-refractivity contribution in [3.63, 3.8) is 0 Å². The first kappa shape index (κ1) is 11.7. The molecule has 2 aromatic rings. The summed E-state index contributed by atoms with van der Waals surface area (Å²) in [5.41, 5.74) is 2.48. The summed E-state index contributed by atoms with van der Waals surface area (Å²) in [5.74, 6) is 1.42. The maximum atomic E-state index is 11.6. The fourth-order valence-corrected chi connectivity index (χ4v) is 2.04. The van der Waals surface area contributed by atoms with Crippen molar-refractivity contribution in [1.29, 1.82) is 0 Å². The Bertz CT molecular complexity index is 588. The fraction of sp³-hybridized carbons (Fsp3) is 0.182. The monoisotopic (exact) mass is 278 g/mol. The zero-order valence-corrected chi connectivity index (χ0v) is 10.6. The Balaban J connectivity index is 1.56. The smallest absolute Gasteiger partial charge is 0.321 e. The lowest BCUT2D eigenvalue weighted by atomic mass is 10.2. The molecular weight excluding hydrogens is 268 g/mol. The van der Waals surface area contributed by atoms with Crippen LogP contribution in [0.1, 0.15) is 5.56 Å². The minimum Gasteiger partial charge on any atom is -0.454 e. The van der Waals surface area contributed by atoms with E-state index in [0.29, 0.717) is 17.4 Å². The molecule has 2 heterocycles. The number of urea groups is 1. The van der Waals surface area contributed by atoms with Gasteiger partial charge in [0.05, 0.1) is 0 Å². The summed E-state index contributed by atoms with van der Waals surface area (Å²) < 4.78 is 10.5. The highest BCUT2D eigenvalue weighted by atomic mass is 32.1. The minimum absolute atomic E-state index is 0.240. The van der Waals surface area contributed by atoms with Gasteiger partial charge in [0.1, 0.15) is 5.51 Å². The number of benzene rings is 1. The Labute approximate surface area is 112 Å². The van der Waals surface area contributed by atoms with E-state index < -0.39 is 0 Å². The normalized spacial score (nSPS) is 12.2. The predicted octanol–water partition coefficient (Wildman–Crippen LogP) is 1.59. The molecule has 8 heteroatoms. The molecule has 1 aromatic carbocycles. The zero-order chi connectivity index (χ0) is 13.1. The third-order valence-corrected chi connectivity index (χ3v) is 3.08. The van der Waals surface area contributed by atoms with E-state index in [4.69, 9.17) is 9.47 Å². The number of fused-ring (bicyclic) bond motifs is 1. The molecule has 1 aliphatic rings. The van der Waals surface area contributed by atoms with E-state index >= 15 is 0 Å². The number of anilines is 1. The van der Waals surface area contributed by atoms with E-state index in [0.717, 1.165) is 11.3 Å². The van der Waals surface area contributed by atoms with Crippen LogP contribution in [0.25, 0.3) is 0 Å². The molecule has 1 aromatic heterocycles. The lowest BCUT2D eigenvalue weighted by Gasteiger charge is -2.06. The van der Waals surface area contributed by atoms with Crippen LogP contribution in [0.3, 0.4) is 0 Å². The van der Waals surface area contributed by atoms with Crippen LogP contribution in [0.5, 0.6) is 11.5 Å². The molecule has 7 nitrogen and oxygen atoms in total. The van der Waals surface area contributed by atoms with Gasteiger partial charge in [-0.3, -0.25) is 5.32 Å². The lowest BCUT2D eigenvalue weighted by molar-refractivity contribution is 0.174. The maximum absolute atomic E-state index is 11.6. The summed E-state index contributed by atoms with van der Waals surface area (Å²) in [6.07, 6.45) is 0. The SMILES string of the molecule is O=C(NCc1ccc2c(c1)OCO2)Nc1nncs1. The molecule has 0 aliphatic carbocycles. The first-order valence-electron chi connectivity index (χ1n) is 5.51. The molecule has 0 atom stereocenters. The molecule has 0 fully saturated rings. The van der Waals surface area contributed by atoms with Crippen molar-refractivity contribution in [3.8, 4) is 11.5 Å². The molecule has 19 heavy (non-hydrogen) atoms. The van der Waals surface area contributed by atoms with Gasteiger partial charge < -0.3 is 14.8 Å². The van der Waals surface area contributed by atoms with Crippen LogP contribution in [-0.2, 0) is 6.54 Å². The first-order valence-corrected chi connectivity index (χ1v) is 6.39. The number of ether oxygens (including phenoxy) is 2. The maximum Gasteiger partial charge on any atom is 0.321 e. The molecule has 0 radical (unpaired) electrons. The van der Waals surface area contributed by atoms with Crippen LogP contribution in [-0.4, -0.2) is 23.0 Å². The number of nitrogens with zero attached hydrogens (tertiary/aromatic N) is 2. The third-order valence-electron chi connectivity index (χ3n) is 2.47. The number of hydrogen-bond acceptors (Lipinski definition) is 6. The van der Waals surface area contributed by atoms with Gasteiger partial charge in [-0.15, -0.1) is 10.2 Å². The van der Waals surface area contributed by atoms with Crippen LogP contribution < -0.4 is 20.1 Å². The third kappa shape index (κ3) is 2.74. The van der Waals surface area contributed by atoms with Crippen molar-refractivity contribution in [1.82, 2.24) is 15.5 Å². The highest BCUT2D eigenvalue weighted by molar-refractivity contribution is 7.13. The number of aromatic nitrogens is 2. The summed E-state index contributed by atoms with van der Waals surface area (Å²) in [5, 5.41) is 13.1. The topological polar surface area (TPSA) is 85.4 Å². The van der Waals surface area contributed by atoms with Gasteiger partial charge in [0.2, 0.25) is 11.9 Å². The molecule has 2 amide bonds. The van der Waals surface area contributed by atoms with E-state index in [-0.39, 0.29) is 12.8 Å². The van der Waals surface area contributed by atoms with Gasteiger partial charge in [-0.05, 0) is 17.7 Å². The molecule has 0 spiro atoms. The summed E-state index contributed by atoms with van der Waals surface area (Å²) in [6, 6.07) is 5.21. The van der Waals surface area contributed by atoms with Crippen molar-refractivity contribution in [2.75, 3.05) is 12.1 Å². The van der Waals surface area contributed by atoms with Gasteiger partial charge >= 0.3 is 6.03 Å². The van der Waals surface area contributed by atoms with Crippen molar-refractivity contribution in [2.45, 2.75) is 6.54 Å². The van der Waals surface area contributed by atoms with Gasteiger partial charge in [0.25, 0.3) is 0 Å². The van der Waals surface area contributed by atoms with Gasteiger partial charge in [0.15, 0.2) is 11.5 Å². The molecule has 0 unspecified atom stereocenters. The Kier molecular flexibility index (Phi) is 3.15. The Hall–Kier alpha value is -2.35. The summed E-state index contributed by atoms with van der Waals surface area (Å²) in [6.45, 7) is 0.630. The fourth-order valence-electron chi connectivity index (χ4n) is 1.60. The van der Waals surface area contributed by atoms with Gasteiger partial charge in [-0.2, -0.15) is 0 Å². The van der Waals surface area contributed by atoms with Crippen LogP contribution in [0, 0.1) is 0 Å². The van der Waals surface area contributed by atoms with E-state index in [1.165, 1.54) is 11.3 Å². The van der Waals surface area contributed by atoms with Crippen molar-refractivity contribution in [2.24, 2.45) is 0 Å². The van der Waals surface area contributed by atoms with Gasteiger partial charge in [-0.25, -0.2) is 4.79 Å². The number of hydrogen-bond donors (Lipinski definition) is 2. The molecule has 0 saturated heterocycles. The Morgan fingerprint density at radius 2 is 2.26 bits per heavy atom. The number of nitrogens with one attached hydrogen (secondary N) is 2. The number of carbonyl (C=O) groups is 1. The van der Waals surface area contributed by atoms with Crippen molar-refractivity contribution >= 4 is 22.5 Å². The standard InChI is InChI=1S/C11H10N4O3S/c16-10(14-11-15-13-5-19-11)12-4-7-1-2-8-9(3-7)18-6-17-8/h1-3,5H,4,6H2,(H2,12,14,15,16). The van der Waals surface area contributed by atoms with E-state index in [2.05, 4.69) is 20.8 Å². The lowest BCUT2D eigenvalue weighted by Crippen LogP contribution is -2.28. The highest BCUT2D eigenvalue weighted by Gasteiger charge is 2.13. The molecule has 0 bridgehead atoms. The highest BCUT2D eigenvalue weighted by Crippen LogP contribution is 2.32. The first-order chi connectivity index (χ1) is 9.31. The molecular formula is C11H10N4O3S. The predicted molar refractivity (Wildman–Crippen MR) is 68.3 cm³/mol. The van der Waals surface area contributed by atoms with E-state index in [1.54, 1.807) is 5.51 Å².